The van der Waals surface area contributed by atoms with Crippen molar-refractivity contribution in [2.45, 2.75) is 46.1 Å². The van der Waals surface area contributed by atoms with Gasteiger partial charge in [0.15, 0.2) is 0 Å². The fraction of sp³-hybridized carbons (Fsp3) is 0.381. The van der Waals surface area contributed by atoms with Crippen molar-refractivity contribution < 1.29 is 4.79 Å². The molecule has 0 bridgehead atoms. The largest absolute Gasteiger partial charge is 0.397 e. The zero-order valence-electron chi connectivity index (χ0n) is 15.3. The van der Waals surface area contributed by atoms with Crippen molar-refractivity contribution in [2.75, 3.05) is 22.5 Å². The van der Waals surface area contributed by atoms with Gasteiger partial charge in [-0.05, 0) is 69.9 Å². The van der Waals surface area contributed by atoms with Gasteiger partial charge in [-0.2, -0.15) is 0 Å². The van der Waals surface area contributed by atoms with Crippen molar-refractivity contribution in [3.05, 3.63) is 53.1 Å². The van der Waals surface area contributed by atoms with E-state index >= 15 is 0 Å². The molecule has 0 aliphatic carbocycles. The number of nitrogens with two attached hydrogens (primary N) is 1. The fourth-order valence-electron chi connectivity index (χ4n) is 3.57. The number of aryl methyl sites for hydroxylation is 2. The third-order valence-corrected chi connectivity index (χ3v) is 5.01. The molecule has 0 aromatic heterocycles. The number of amides is 1. The van der Waals surface area contributed by atoms with Crippen LogP contribution < -0.4 is 16.0 Å². The van der Waals surface area contributed by atoms with Gasteiger partial charge in [-0.3, -0.25) is 4.79 Å². The number of hydrogen-bond donors (Lipinski definition) is 2. The molecule has 1 saturated heterocycles. The maximum atomic E-state index is 12.6. The molecule has 1 atom stereocenters. The number of anilines is 3. The van der Waals surface area contributed by atoms with Gasteiger partial charge in [0.2, 0.25) is 0 Å². The van der Waals surface area contributed by atoms with Gasteiger partial charge in [0, 0.05) is 23.8 Å². The molecule has 0 unspecified atom stereocenters. The van der Waals surface area contributed by atoms with Crippen LogP contribution in [0, 0.1) is 13.8 Å². The Labute approximate surface area is 150 Å². The number of rotatable bonds is 3. The summed E-state index contributed by atoms with van der Waals surface area (Å²) in [7, 11) is 0. The molecule has 2 aromatic rings. The number of nitrogens with one attached hydrogen (secondary N) is 1. The van der Waals surface area contributed by atoms with Crippen molar-refractivity contribution in [3.63, 3.8) is 0 Å². The first-order valence-electron chi connectivity index (χ1n) is 9.00. The molecule has 4 heteroatoms. The van der Waals surface area contributed by atoms with E-state index in [1.54, 1.807) is 0 Å². The van der Waals surface area contributed by atoms with Gasteiger partial charge in [-0.15, -0.1) is 0 Å². The Morgan fingerprint density at radius 1 is 1.20 bits per heavy atom. The van der Waals surface area contributed by atoms with Gasteiger partial charge in [0.1, 0.15) is 0 Å². The van der Waals surface area contributed by atoms with Crippen molar-refractivity contribution in [1.29, 1.82) is 0 Å². The highest BCUT2D eigenvalue weighted by molar-refractivity contribution is 6.06. The van der Waals surface area contributed by atoms with E-state index in [2.05, 4.69) is 24.1 Å². The molecule has 3 N–H and O–H groups in total. The summed E-state index contributed by atoms with van der Waals surface area (Å²) < 4.78 is 0. The second kappa shape index (κ2) is 7.18. The average Bonchev–Trinajstić information content (AvgIpc) is 2.58. The standard InChI is InChI=1S/C21H27N3O/c1-14-7-6-9-17(11-14)21(25)23-19-13-20(15(2)12-18(19)22)24-10-5-4-8-16(24)3/h6-7,9,11-13,16H,4-5,8,10,22H2,1-3H3,(H,23,25)/t16-/m0/s1. The van der Waals surface area contributed by atoms with Crippen molar-refractivity contribution >= 4 is 23.0 Å². The number of nitrogens with zero attached hydrogens (tertiary/aromatic N) is 1. The molecular weight excluding hydrogens is 310 g/mol. The number of carbonyl (C=O) groups excluding carboxylic acids is 1. The molecule has 2 aromatic carbocycles. The van der Waals surface area contributed by atoms with Crippen LogP contribution >= 0.6 is 0 Å². The third kappa shape index (κ3) is 3.78. The number of benzene rings is 2. The van der Waals surface area contributed by atoms with Gasteiger partial charge in [0.25, 0.3) is 5.91 Å². The van der Waals surface area contributed by atoms with Crippen LogP contribution in [0.4, 0.5) is 17.1 Å². The second-order valence-electron chi connectivity index (χ2n) is 7.09. The van der Waals surface area contributed by atoms with E-state index in [-0.39, 0.29) is 5.91 Å². The number of hydrogen-bond acceptors (Lipinski definition) is 3. The second-order valence-corrected chi connectivity index (χ2v) is 7.09. The van der Waals surface area contributed by atoms with Crippen LogP contribution in [0.3, 0.4) is 0 Å². The van der Waals surface area contributed by atoms with Gasteiger partial charge in [-0.1, -0.05) is 17.7 Å². The Hall–Kier alpha value is -2.49. The van der Waals surface area contributed by atoms with Crippen LogP contribution in [0.15, 0.2) is 36.4 Å². The number of nitrogen functional groups attached to an aromatic ring is 1. The molecule has 1 aliphatic rings. The van der Waals surface area contributed by atoms with Gasteiger partial charge >= 0.3 is 0 Å². The molecule has 1 amide bonds. The lowest BCUT2D eigenvalue weighted by Crippen LogP contribution is -2.37. The predicted molar refractivity (Wildman–Crippen MR) is 105 cm³/mol. The lowest BCUT2D eigenvalue weighted by molar-refractivity contribution is 0.102. The Balaban J connectivity index is 1.88. The van der Waals surface area contributed by atoms with Gasteiger partial charge < -0.3 is 16.0 Å². The minimum absolute atomic E-state index is 0.128. The summed E-state index contributed by atoms with van der Waals surface area (Å²) in [4.78, 5) is 15.0. The maximum absolute atomic E-state index is 12.6. The van der Waals surface area contributed by atoms with E-state index in [4.69, 9.17) is 5.73 Å². The molecular formula is C21H27N3O. The molecule has 0 spiro atoms. The van der Waals surface area contributed by atoms with Crippen LogP contribution in [0.2, 0.25) is 0 Å². The SMILES string of the molecule is Cc1cccc(C(=O)Nc2cc(N3CCCC[C@@H]3C)c(C)cc2N)c1. The summed E-state index contributed by atoms with van der Waals surface area (Å²) >= 11 is 0. The highest BCUT2D eigenvalue weighted by Gasteiger charge is 2.21. The number of carbonyl (C=O) groups is 1. The monoisotopic (exact) mass is 337 g/mol. The Morgan fingerprint density at radius 3 is 2.72 bits per heavy atom. The highest BCUT2D eigenvalue weighted by Crippen LogP contribution is 2.33. The van der Waals surface area contributed by atoms with E-state index in [0.717, 1.165) is 17.7 Å². The quantitative estimate of drug-likeness (QED) is 0.810. The molecule has 1 fully saturated rings. The first kappa shape index (κ1) is 17.3. The normalized spacial score (nSPS) is 17.4. The topological polar surface area (TPSA) is 58.4 Å². The highest BCUT2D eigenvalue weighted by atomic mass is 16.1. The average molecular weight is 337 g/mol. The fourth-order valence-corrected chi connectivity index (χ4v) is 3.57. The summed E-state index contributed by atoms with van der Waals surface area (Å²) in [5.74, 6) is -0.128. The molecule has 0 radical (unpaired) electrons. The predicted octanol–water partition coefficient (Wildman–Crippen LogP) is 4.52. The minimum atomic E-state index is -0.128. The first-order chi connectivity index (χ1) is 12.0. The lowest BCUT2D eigenvalue weighted by atomic mass is 10.0. The molecule has 1 heterocycles. The van der Waals surface area contributed by atoms with Crippen LogP contribution in [0.5, 0.6) is 0 Å². The van der Waals surface area contributed by atoms with Crippen LogP contribution in [0.25, 0.3) is 0 Å². The Morgan fingerprint density at radius 2 is 2.00 bits per heavy atom. The van der Waals surface area contributed by atoms with Gasteiger partial charge in [-0.25, -0.2) is 0 Å². The maximum Gasteiger partial charge on any atom is 0.255 e. The molecule has 132 valence electrons. The zero-order chi connectivity index (χ0) is 18.0. The Bertz CT molecular complexity index is 785. The van der Waals surface area contributed by atoms with E-state index in [9.17, 15) is 4.79 Å². The molecule has 1 aliphatic heterocycles. The van der Waals surface area contributed by atoms with E-state index in [1.807, 2.05) is 43.3 Å². The van der Waals surface area contributed by atoms with Crippen molar-refractivity contribution in [2.24, 2.45) is 0 Å². The lowest BCUT2D eigenvalue weighted by Gasteiger charge is -2.36. The first-order valence-corrected chi connectivity index (χ1v) is 9.00. The zero-order valence-corrected chi connectivity index (χ0v) is 15.3. The Kier molecular flexibility index (Phi) is 4.98. The summed E-state index contributed by atoms with van der Waals surface area (Å²) in [6, 6.07) is 12.1. The summed E-state index contributed by atoms with van der Waals surface area (Å²) in [5.41, 5.74) is 11.5. The van der Waals surface area contributed by atoms with Gasteiger partial charge in [0.05, 0.1) is 11.4 Å². The number of piperidine rings is 1. The van der Waals surface area contributed by atoms with Crippen LogP contribution in [-0.2, 0) is 0 Å². The summed E-state index contributed by atoms with van der Waals surface area (Å²) in [6.45, 7) is 7.38. The molecule has 4 nitrogen and oxygen atoms in total. The van der Waals surface area contributed by atoms with Crippen LogP contribution in [0.1, 0.15) is 47.7 Å². The van der Waals surface area contributed by atoms with E-state index < -0.39 is 0 Å². The molecule has 0 saturated carbocycles. The smallest absolute Gasteiger partial charge is 0.255 e. The summed E-state index contributed by atoms with van der Waals surface area (Å²) in [5, 5.41) is 2.98. The van der Waals surface area contributed by atoms with E-state index in [1.165, 1.54) is 24.9 Å². The molecule has 25 heavy (non-hydrogen) atoms. The van der Waals surface area contributed by atoms with Crippen LogP contribution in [-0.4, -0.2) is 18.5 Å². The van der Waals surface area contributed by atoms with Crippen molar-refractivity contribution in [3.8, 4) is 0 Å². The summed E-state index contributed by atoms with van der Waals surface area (Å²) in [6.07, 6.45) is 3.69. The minimum Gasteiger partial charge on any atom is -0.397 e. The third-order valence-electron chi connectivity index (χ3n) is 5.01. The molecule has 3 rings (SSSR count). The van der Waals surface area contributed by atoms with Crippen molar-refractivity contribution in [1.82, 2.24) is 0 Å². The van der Waals surface area contributed by atoms with E-state index in [0.29, 0.717) is 23.0 Å².